The number of rotatable bonds is 5. The Balaban J connectivity index is 1.85. The van der Waals surface area contributed by atoms with Gasteiger partial charge in [0, 0.05) is 6.07 Å². The van der Waals surface area contributed by atoms with Crippen molar-refractivity contribution in [2.75, 3.05) is 6.26 Å². The molecule has 0 aliphatic heterocycles. The average Bonchev–Trinajstić information content (AvgIpc) is 3.23. The molecule has 0 radical (unpaired) electrons. The molecule has 1 amide bonds. The van der Waals surface area contributed by atoms with Gasteiger partial charge in [-0.15, -0.1) is 11.8 Å². The van der Waals surface area contributed by atoms with E-state index in [1.807, 2.05) is 13.2 Å². The van der Waals surface area contributed by atoms with E-state index in [9.17, 15) is 4.79 Å². The summed E-state index contributed by atoms with van der Waals surface area (Å²) in [4.78, 5) is 21.4. The van der Waals surface area contributed by atoms with Crippen LogP contribution in [-0.2, 0) is 6.54 Å². The van der Waals surface area contributed by atoms with Crippen LogP contribution in [0.2, 0.25) is 0 Å². The van der Waals surface area contributed by atoms with Crippen molar-refractivity contribution < 1.29 is 13.7 Å². The molecule has 3 heterocycles. The van der Waals surface area contributed by atoms with Crippen LogP contribution in [0.25, 0.3) is 11.6 Å². The fourth-order valence-electron chi connectivity index (χ4n) is 2.23. The third-order valence-corrected chi connectivity index (χ3v) is 4.00. The molecule has 1 N–H and O–H groups in total. The molecule has 0 fully saturated rings. The van der Waals surface area contributed by atoms with Gasteiger partial charge in [-0.1, -0.05) is 5.16 Å². The highest BCUT2D eigenvalue weighted by Gasteiger charge is 2.20. The van der Waals surface area contributed by atoms with E-state index in [1.54, 1.807) is 31.4 Å². The van der Waals surface area contributed by atoms with E-state index in [0.29, 0.717) is 33.6 Å². The largest absolute Gasteiger partial charge is 0.461 e. The molecule has 24 heavy (non-hydrogen) atoms. The summed E-state index contributed by atoms with van der Waals surface area (Å²) >= 11 is 1.39. The Bertz CT molecular complexity index is 858. The van der Waals surface area contributed by atoms with Crippen LogP contribution < -0.4 is 5.32 Å². The average molecular weight is 344 g/mol. The minimum absolute atomic E-state index is 0.253. The van der Waals surface area contributed by atoms with E-state index in [0.717, 1.165) is 5.69 Å². The van der Waals surface area contributed by atoms with Crippen molar-refractivity contribution in [1.82, 2.24) is 20.4 Å². The number of nitrogens with zero attached hydrogens (tertiary/aromatic N) is 3. The molecular weight excluding hydrogens is 328 g/mol. The van der Waals surface area contributed by atoms with Gasteiger partial charge in [0.25, 0.3) is 5.91 Å². The quantitative estimate of drug-likeness (QED) is 0.561. The maximum absolute atomic E-state index is 12.5. The molecule has 3 aromatic heterocycles. The van der Waals surface area contributed by atoms with E-state index >= 15 is 0 Å². The topological polar surface area (TPSA) is 94.0 Å². The van der Waals surface area contributed by atoms with Gasteiger partial charge in [0.1, 0.15) is 5.03 Å². The molecular formula is C16H16N4O3S. The third kappa shape index (κ3) is 3.33. The Morgan fingerprint density at radius 3 is 2.79 bits per heavy atom. The smallest absolute Gasteiger partial charge is 0.256 e. The molecule has 0 unspecified atom stereocenters. The molecule has 7 nitrogen and oxygen atoms in total. The first kappa shape index (κ1) is 16.3. The predicted octanol–water partition coefficient (Wildman–Crippen LogP) is 2.99. The van der Waals surface area contributed by atoms with Crippen LogP contribution in [0.5, 0.6) is 0 Å². The first-order valence-electron chi connectivity index (χ1n) is 7.25. The van der Waals surface area contributed by atoms with Gasteiger partial charge in [-0.25, -0.2) is 9.97 Å². The summed E-state index contributed by atoms with van der Waals surface area (Å²) in [6.07, 6.45) is 3.43. The van der Waals surface area contributed by atoms with Crippen LogP contribution in [0.4, 0.5) is 0 Å². The summed E-state index contributed by atoms with van der Waals surface area (Å²) in [5.74, 6) is 1.37. The lowest BCUT2D eigenvalue weighted by molar-refractivity contribution is 0.0942. The fourth-order valence-corrected chi connectivity index (χ4v) is 2.85. The van der Waals surface area contributed by atoms with Crippen molar-refractivity contribution >= 4 is 17.7 Å². The van der Waals surface area contributed by atoms with Crippen molar-refractivity contribution in [3.63, 3.8) is 0 Å². The van der Waals surface area contributed by atoms with Crippen molar-refractivity contribution in [3.05, 3.63) is 47.2 Å². The van der Waals surface area contributed by atoms with E-state index in [-0.39, 0.29) is 12.5 Å². The van der Waals surface area contributed by atoms with E-state index < -0.39 is 0 Å². The number of amides is 1. The number of carbonyl (C=O) groups excluding carboxylic acids is 1. The maximum Gasteiger partial charge on any atom is 0.256 e. The lowest BCUT2D eigenvalue weighted by Crippen LogP contribution is -2.25. The summed E-state index contributed by atoms with van der Waals surface area (Å²) in [7, 11) is 0. The molecule has 0 bridgehead atoms. The Kier molecular flexibility index (Phi) is 4.66. The summed E-state index contributed by atoms with van der Waals surface area (Å²) < 4.78 is 10.4. The summed E-state index contributed by atoms with van der Waals surface area (Å²) in [5, 5.41) is 7.20. The Hall–Kier alpha value is -2.61. The van der Waals surface area contributed by atoms with Crippen LogP contribution in [0.1, 0.15) is 27.5 Å². The fraction of sp³-hybridized carbons (Fsp3) is 0.250. The molecule has 3 aromatic rings. The number of thioether (sulfide) groups is 1. The number of aryl methyl sites for hydroxylation is 2. The molecule has 0 atom stereocenters. The standard InChI is InChI=1S/C16H16N4O3S/c1-9-7-11(23-20-9)8-17-15(21)13-10(2)18-14(19-16(13)24-3)12-5-4-6-22-12/h4-7H,8H2,1-3H3,(H,17,21). The van der Waals surface area contributed by atoms with Crippen LogP contribution >= 0.6 is 11.8 Å². The molecule has 8 heteroatoms. The van der Waals surface area contributed by atoms with Gasteiger partial charge in [-0.2, -0.15) is 0 Å². The molecule has 0 aromatic carbocycles. The van der Waals surface area contributed by atoms with Crippen molar-refractivity contribution in [3.8, 4) is 11.6 Å². The van der Waals surface area contributed by atoms with Gasteiger partial charge >= 0.3 is 0 Å². The molecule has 0 aliphatic rings. The molecule has 3 rings (SSSR count). The van der Waals surface area contributed by atoms with Crippen LogP contribution in [0.3, 0.4) is 0 Å². The minimum atomic E-state index is -0.253. The zero-order valence-corrected chi connectivity index (χ0v) is 14.3. The highest BCUT2D eigenvalue weighted by Crippen LogP contribution is 2.25. The number of nitrogens with one attached hydrogen (secondary N) is 1. The zero-order chi connectivity index (χ0) is 17.1. The first-order chi connectivity index (χ1) is 11.6. The number of hydrogen-bond acceptors (Lipinski definition) is 7. The van der Waals surface area contributed by atoms with Gasteiger partial charge in [0.2, 0.25) is 0 Å². The van der Waals surface area contributed by atoms with E-state index in [4.69, 9.17) is 8.94 Å². The zero-order valence-electron chi connectivity index (χ0n) is 13.5. The molecule has 124 valence electrons. The van der Waals surface area contributed by atoms with Crippen LogP contribution in [-0.4, -0.2) is 27.3 Å². The maximum atomic E-state index is 12.5. The summed E-state index contributed by atoms with van der Waals surface area (Å²) in [6.45, 7) is 3.86. The second-order valence-electron chi connectivity index (χ2n) is 5.11. The molecule has 0 spiro atoms. The van der Waals surface area contributed by atoms with Gasteiger partial charge in [-0.05, 0) is 32.2 Å². The highest BCUT2D eigenvalue weighted by atomic mass is 32.2. The first-order valence-corrected chi connectivity index (χ1v) is 8.48. The van der Waals surface area contributed by atoms with Crippen LogP contribution in [0, 0.1) is 13.8 Å². The second kappa shape index (κ2) is 6.88. The van der Waals surface area contributed by atoms with Gasteiger partial charge in [0.05, 0.1) is 29.8 Å². The monoisotopic (exact) mass is 344 g/mol. The van der Waals surface area contributed by atoms with E-state index in [2.05, 4.69) is 20.4 Å². The van der Waals surface area contributed by atoms with Crippen molar-refractivity contribution in [2.24, 2.45) is 0 Å². The minimum Gasteiger partial charge on any atom is -0.461 e. The highest BCUT2D eigenvalue weighted by molar-refractivity contribution is 7.98. The third-order valence-electron chi connectivity index (χ3n) is 3.32. The normalized spacial score (nSPS) is 10.8. The number of aromatic nitrogens is 3. The Labute approximate surface area is 142 Å². The van der Waals surface area contributed by atoms with Gasteiger partial charge in [-0.3, -0.25) is 4.79 Å². The van der Waals surface area contributed by atoms with E-state index in [1.165, 1.54) is 11.8 Å². The predicted molar refractivity (Wildman–Crippen MR) is 88.7 cm³/mol. The molecule has 0 saturated heterocycles. The second-order valence-corrected chi connectivity index (χ2v) is 5.91. The Morgan fingerprint density at radius 2 is 2.17 bits per heavy atom. The lowest BCUT2D eigenvalue weighted by Gasteiger charge is -2.10. The number of hydrogen-bond donors (Lipinski definition) is 1. The number of carbonyl (C=O) groups is 1. The Morgan fingerprint density at radius 1 is 1.33 bits per heavy atom. The summed E-state index contributed by atoms with van der Waals surface area (Å²) in [5.41, 5.74) is 1.81. The SMILES string of the molecule is CSc1nc(-c2ccco2)nc(C)c1C(=O)NCc1cc(C)no1. The van der Waals surface area contributed by atoms with Gasteiger partial charge < -0.3 is 14.3 Å². The van der Waals surface area contributed by atoms with Gasteiger partial charge in [0.15, 0.2) is 17.3 Å². The van der Waals surface area contributed by atoms with Crippen LogP contribution in [0.15, 0.2) is 38.4 Å². The lowest BCUT2D eigenvalue weighted by atomic mass is 10.2. The van der Waals surface area contributed by atoms with Crippen molar-refractivity contribution in [1.29, 1.82) is 0 Å². The van der Waals surface area contributed by atoms with Crippen molar-refractivity contribution in [2.45, 2.75) is 25.4 Å². The molecule has 0 saturated carbocycles. The summed E-state index contributed by atoms with van der Waals surface area (Å²) in [6, 6.07) is 5.33. The number of furan rings is 1. The molecule has 0 aliphatic carbocycles.